The fraction of sp³-hybridized carbons (Fsp3) is 0.273. The second kappa shape index (κ2) is 6.67. The molecule has 0 unspecified atom stereocenters. The summed E-state index contributed by atoms with van der Waals surface area (Å²) in [5.41, 5.74) is 0.405. The topological polar surface area (TPSA) is 47.0 Å². The molecule has 96 valence electrons. The van der Waals surface area contributed by atoms with E-state index in [2.05, 4.69) is 15.5 Å². The summed E-state index contributed by atoms with van der Waals surface area (Å²) in [6, 6.07) is 6.47. The van der Waals surface area contributed by atoms with Crippen LogP contribution in [0.25, 0.3) is 0 Å². The van der Waals surface area contributed by atoms with Crippen molar-refractivity contribution in [3.63, 3.8) is 0 Å². The number of anilines is 2. The molecule has 18 heavy (non-hydrogen) atoms. The van der Waals surface area contributed by atoms with E-state index in [0.717, 1.165) is 10.1 Å². The van der Waals surface area contributed by atoms with Gasteiger partial charge in [-0.05, 0) is 12.1 Å². The summed E-state index contributed by atoms with van der Waals surface area (Å²) < 4.78 is 19.2. The molecule has 0 bridgehead atoms. The van der Waals surface area contributed by atoms with E-state index >= 15 is 0 Å². The number of benzene rings is 1. The van der Waals surface area contributed by atoms with E-state index in [1.807, 2.05) is 0 Å². The minimum absolute atomic E-state index is 0.304. The molecular formula is C11H12FN3OS2. The first-order valence-electron chi connectivity index (χ1n) is 5.26. The van der Waals surface area contributed by atoms with Crippen molar-refractivity contribution in [1.82, 2.24) is 10.2 Å². The molecule has 4 nitrogen and oxygen atoms in total. The third kappa shape index (κ3) is 3.66. The predicted molar refractivity (Wildman–Crippen MR) is 72.2 cm³/mol. The molecule has 1 aromatic carbocycles. The first kappa shape index (κ1) is 13.3. The van der Waals surface area contributed by atoms with Crippen molar-refractivity contribution in [2.45, 2.75) is 4.34 Å². The van der Waals surface area contributed by atoms with Crippen molar-refractivity contribution >= 4 is 33.9 Å². The molecule has 0 atom stereocenters. The molecule has 1 aromatic heterocycles. The number of ether oxygens (including phenoxy) is 1. The van der Waals surface area contributed by atoms with E-state index < -0.39 is 0 Å². The monoisotopic (exact) mass is 285 g/mol. The average Bonchev–Trinajstić information content (AvgIpc) is 2.80. The zero-order valence-corrected chi connectivity index (χ0v) is 11.4. The number of para-hydroxylation sites is 1. The van der Waals surface area contributed by atoms with Crippen molar-refractivity contribution in [3.05, 3.63) is 30.1 Å². The Hall–Kier alpha value is -1.18. The summed E-state index contributed by atoms with van der Waals surface area (Å²) in [5.74, 6) is 0.520. The number of aromatic nitrogens is 2. The van der Waals surface area contributed by atoms with Gasteiger partial charge >= 0.3 is 0 Å². The van der Waals surface area contributed by atoms with Crippen molar-refractivity contribution in [2.24, 2.45) is 0 Å². The molecule has 0 aliphatic heterocycles. The SMILES string of the molecule is COCCSc1nnc(Nc2ccccc2F)s1. The van der Waals surface area contributed by atoms with Crippen LogP contribution in [0.1, 0.15) is 0 Å². The minimum atomic E-state index is -0.304. The number of rotatable bonds is 6. The first-order valence-corrected chi connectivity index (χ1v) is 7.06. The highest BCUT2D eigenvalue weighted by atomic mass is 32.2. The number of thioether (sulfide) groups is 1. The maximum atomic E-state index is 13.4. The Morgan fingerprint density at radius 1 is 1.39 bits per heavy atom. The maximum absolute atomic E-state index is 13.4. The van der Waals surface area contributed by atoms with Gasteiger partial charge in [0.1, 0.15) is 5.82 Å². The smallest absolute Gasteiger partial charge is 0.210 e. The number of hydrogen-bond donors (Lipinski definition) is 1. The molecule has 0 saturated carbocycles. The first-order chi connectivity index (χ1) is 8.79. The molecule has 0 aliphatic carbocycles. The second-order valence-electron chi connectivity index (χ2n) is 3.32. The van der Waals surface area contributed by atoms with Gasteiger partial charge < -0.3 is 10.1 Å². The highest BCUT2D eigenvalue weighted by molar-refractivity contribution is 8.01. The van der Waals surface area contributed by atoms with Gasteiger partial charge in [-0.25, -0.2) is 4.39 Å². The van der Waals surface area contributed by atoms with Crippen LogP contribution in [0.15, 0.2) is 28.6 Å². The molecule has 0 fully saturated rings. The molecular weight excluding hydrogens is 273 g/mol. The van der Waals surface area contributed by atoms with Gasteiger partial charge in [0.05, 0.1) is 12.3 Å². The molecule has 0 amide bonds. The third-order valence-electron chi connectivity index (χ3n) is 2.03. The van der Waals surface area contributed by atoms with Gasteiger partial charge in [0.25, 0.3) is 0 Å². The number of halogens is 1. The summed E-state index contributed by atoms with van der Waals surface area (Å²) in [7, 11) is 1.66. The molecule has 0 saturated heterocycles. The van der Waals surface area contributed by atoms with Crippen LogP contribution in [0.3, 0.4) is 0 Å². The molecule has 1 heterocycles. The van der Waals surface area contributed by atoms with Gasteiger partial charge in [-0.15, -0.1) is 10.2 Å². The second-order valence-corrected chi connectivity index (χ2v) is 5.64. The molecule has 0 radical (unpaired) electrons. The van der Waals surface area contributed by atoms with Gasteiger partial charge in [0.15, 0.2) is 4.34 Å². The van der Waals surface area contributed by atoms with Crippen molar-refractivity contribution in [1.29, 1.82) is 0 Å². The van der Waals surface area contributed by atoms with Crippen LogP contribution < -0.4 is 5.32 Å². The molecule has 0 spiro atoms. The minimum Gasteiger partial charge on any atom is -0.384 e. The van der Waals surface area contributed by atoms with Crippen LogP contribution in [-0.2, 0) is 4.74 Å². The van der Waals surface area contributed by atoms with Crippen molar-refractivity contribution < 1.29 is 9.13 Å². The van der Waals surface area contributed by atoms with Crippen LogP contribution in [0, 0.1) is 5.82 Å². The summed E-state index contributed by atoms with van der Waals surface area (Å²) in [4.78, 5) is 0. The summed E-state index contributed by atoms with van der Waals surface area (Å²) >= 11 is 2.96. The van der Waals surface area contributed by atoms with E-state index in [1.165, 1.54) is 17.4 Å². The molecule has 2 rings (SSSR count). The maximum Gasteiger partial charge on any atom is 0.210 e. The van der Waals surface area contributed by atoms with E-state index in [4.69, 9.17) is 4.74 Å². The lowest BCUT2D eigenvalue weighted by Crippen LogP contribution is -1.92. The zero-order valence-electron chi connectivity index (χ0n) is 9.72. The largest absolute Gasteiger partial charge is 0.384 e. The lowest BCUT2D eigenvalue weighted by molar-refractivity contribution is 0.218. The zero-order chi connectivity index (χ0) is 12.8. The fourth-order valence-corrected chi connectivity index (χ4v) is 2.94. The van der Waals surface area contributed by atoms with Crippen LogP contribution in [0.4, 0.5) is 15.2 Å². The Morgan fingerprint density at radius 3 is 3.00 bits per heavy atom. The molecule has 0 aliphatic rings. The van der Waals surface area contributed by atoms with Gasteiger partial charge in [0, 0.05) is 12.9 Å². The van der Waals surface area contributed by atoms with E-state index in [-0.39, 0.29) is 5.82 Å². The Morgan fingerprint density at radius 2 is 2.22 bits per heavy atom. The highest BCUT2D eigenvalue weighted by Gasteiger charge is 2.07. The lowest BCUT2D eigenvalue weighted by Gasteiger charge is -2.01. The molecule has 7 heteroatoms. The molecule has 2 aromatic rings. The van der Waals surface area contributed by atoms with Crippen molar-refractivity contribution in [3.8, 4) is 0 Å². The van der Waals surface area contributed by atoms with Gasteiger partial charge in [-0.2, -0.15) is 0 Å². The van der Waals surface area contributed by atoms with Gasteiger partial charge in [-0.1, -0.05) is 35.2 Å². The van der Waals surface area contributed by atoms with E-state index in [9.17, 15) is 4.39 Å². The number of hydrogen-bond acceptors (Lipinski definition) is 6. The van der Waals surface area contributed by atoms with Crippen molar-refractivity contribution in [2.75, 3.05) is 24.8 Å². The number of nitrogens with zero attached hydrogens (tertiary/aromatic N) is 2. The Balaban J connectivity index is 1.96. The Kier molecular flexibility index (Phi) is 4.91. The predicted octanol–water partition coefficient (Wildman–Crippen LogP) is 3.16. The van der Waals surface area contributed by atoms with Gasteiger partial charge in [0.2, 0.25) is 5.13 Å². The van der Waals surface area contributed by atoms with Crippen LogP contribution in [0.2, 0.25) is 0 Å². The van der Waals surface area contributed by atoms with E-state index in [0.29, 0.717) is 17.4 Å². The van der Waals surface area contributed by atoms with Crippen LogP contribution in [-0.4, -0.2) is 29.7 Å². The number of methoxy groups -OCH3 is 1. The Bertz CT molecular complexity index is 507. The standard InChI is InChI=1S/C11H12FN3OS2/c1-16-6-7-17-11-15-14-10(18-11)13-9-5-3-2-4-8(9)12/h2-5H,6-7H2,1H3,(H,13,14). The average molecular weight is 285 g/mol. The van der Waals surface area contributed by atoms with Crippen LogP contribution in [0.5, 0.6) is 0 Å². The number of nitrogens with one attached hydrogen (secondary N) is 1. The quantitative estimate of drug-likeness (QED) is 0.652. The summed E-state index contributed by atoms with van der Waals surface area (Å²) in [5, 5.41) is 11.5. The Labute approximate surface area is 113 Å². The lowest BCUT2D eigenvalue weighted by atomic mass is 10.3. The fourth-order valence-electron chi connectivity index (χ4n) is 1.21. The van der Waals surface area contributed by atoms with Gasteiger partial charge in [-0.3, -0.25) is 0 Å². The summed E-state index contributed by atoms with van der Waals surface area (Å²) in [6.07, 6.45) is 0. The highest BCUT2D eigenvalue weighted by Crippen LogP contribution is 2.28. The third-order valence-corrected chi connectivity index (χ3v) is 3.97. The van der Waals surface area contributed by atoms with Crippen LogP contribution >= 0.6 is 23.1 Å². The normalized spacial score (nSPS) is 10.6. The summed E-state index contributed by atoms with van der Waals surface area (Å²) in [6.45, 7) is 0.667. The van der Waals surface area contributed by atoms with E-state index in [1.54, 1.807) is 37.1 Å². The molecule has 1 N–H and O–H groups in total.